The van der Waals surface area contributed by atoms with Crippen LogP contribution in [-0.2, 0) is 6.18 Å². The highest BCUT2D eigenvalue weighted by molar-refractivity contribution is 6.31. The van der Waals surface area contributed by atoms with Gasteiger partial charge in [0.15, 0.2) is 0 Å². The second kappa shape index (κ2) is 3.42. The van der Waals surface area contributed by atoms with E-state index in [-0.39, 0.29) is 5.39 Å². The number of rotatable bonds is 0. The van der Waals surface area contributed by atoms with Crippen molar-refractivity contribution in [1.82, 2.24) is 0 Å². The molecule has 0 amide bonds. The van der Waals surface area contributed by atoms with Crippen molar-refractivity contribution in [1.29, 1.82) is 0 Å². The van der Waals surface area contributed by atoms with Crippen LogP contribution in [-0.4, -0.2) is 0 Å². The Morgan fingerprint density at radius 2 is 1.73 bits per heavy atom. The molecule has 0 nitrogen and oxygen atoms in total. The summed E-state index contributed by atoms with van der Waals surface area (Å²) < 4.78 is 37.8. The Kier molecular flexibility index (Phi) is 2.35. The molecule has 4 heteroatoms. The second-order valence-electron chi connectivity index (χ2n) is 3.17. The number of hydrogen-bond acceptors (Lipinski definition) is 0. The molecule has 0 heterocycles. The summed E-state index contributed by atoms with van der Waals surface area (Å²) in [6.45, 7) is 0. The van der Waals surface area contributed by atoms with Crippen LogP contribution in [0.3, 0.4) is 0 Å². The van der Waals surface area contributed by atoms with E-state index in [9.17, 15) is 13.2 Å². The molecular weight excluding hydrogens is 225 g/mol. The van der Waals surface area contributed by atoms with Gasteiger partial charge in [0, 0.05) is 5.02 Å². The summed E-state index contributed by atoms with van der Waals surface area (Å²) in [7, 11) is 0. The number of alkyl halides is 3. The van der Waals surface area contributed by atoms with Crippen molar-refractivity contribution < 1.29 is 13.2 Å². The van der Waals surface area contributed by atoms with Gasteiger partial charge < -0.3 is 0 Å². The van der Waals surface area contributed by atoms with Crippen molar-refractivity contribution in [2.24, 2.45) is 0 Å². The monoisotopic (exact) mass is 230 g/mol. The molecule has 78 valence electrons. The van der Waals surface area contributed by atoms with Crippen molar-refractivity contribution >= 4 is 22.4 Å². The lowest BCUT2D eigenvalue weighted by atomic mass is 10.0. The van der Waals surface area contributed by atoms with E-state index in [0.717, 1.165) is 6.07 Å². The first-order valence-electron chi connectivity index (χ1n) is 4.24. The third-order valence-electron chi connectivity index (χ3n) is 2.15. The molecule has 2 rings (SSSR count). The largest absolute Gasteiger partial charge is 0.417 e. The van der Waals surface area contributed by atoms with Crippen LogP contribution in [0.2, 0.25) is 5.02 Å². The van der Waals surface area contributed by atoms with Crippen LogP contribution in [0.25, 0.3) is 10.8 Å². The first kappa shape index (κ1) is 10.3. The van der Waals surface area contributed by atoms with Crippen LogP contribution >= 0.6 is 11.6 Å². The fourth-order valence-electron chi connectivity index (χ4n) is 1.49. The molecule has 2 aromatic rings. The Morgan fingerprint density at radius 1 is 1.00 bits per heavy atom. The van der Waals surface area contributed by atoms with E-state index >= 15 is 0 Å². The molecular formula is C11H6ClF3. The normalized spacial score (nSPS) is 12.0. The highest BCUT2D eigenvalue weighted by atomic mass is 35.5. The van der Waals surface area contributed by atoms with E-state index in [0.29, 0.717) is 10.4 Å². The zero-order chi connectivity index (χ0) is 11.1. The van der Waals surface area contributed by atoms with Gasteiger partial charge in [0.1, 0.15) is 0 Å². The van der Waals surface area contributed by atoms with Crippen LogP contribution in [0.1, 0.15) is 5.56 Å². The van der Waals surface area contributed by atoms with E-state index in [1.807, 2.05) is 0 Å². The SMILES string of the molecule is FC(F)(F)c1cccc2ccc(Cl)cc12. The molecule has 0 saturated heterocycles. The molecule has 0 atom stereocenters. The lowest BCUT2D eigenvalue weighted by Gasteiger charge is -2.10. The predicted octanol–water partition coefficient (Wildman–Crippen LogP) is 4.51. The van der Waals surface area contributed by atoms with Crippen LogP contribution in [0.15, 0.2) is 36.4 Å². The van der Waals surface area contributed by atoms with Gasteiger partial charge in [-0.05, 0) is 29.0 Å². The topological polar surface area (TPSA) is 0 Å². The van der Waals surface area contributed by atoms with Gasteiger partial charge in [0.05, 0.1) is 5.56 Å². The molecule has 0 spiro atoms. The fraction of sp³-hybridized carbons (Fsp3) is 0.0909. The van der Waals surface area contributed by atoms with Crippen molar-refractivity contribution in [3.05, 3.63) is 47.0 Å². The van der Waals surface area contributed by atoms with Crippen molar-refractivity contribution in [3.63, 3.8) is 0 Å². The first-order chi connectivity index (χ1) is 6.98. The minimum atomic E-state index is -4.34. The van der Waals surface area contributed by atoms with E-state index in [1.54, 1.807) is 18.2 Å². The maximum absolute atomic E-state index is 12.6. The molecule has 0 aliphatic heterocycles. The maximum Gasteiger partial charge on any atom is 0.417 e. The molecule has 0 bridgehead atoms. The van der Waals surface area contributed by atoms with Crippen molar-refractivity contribution in [3.8, 4) is 0 Å². The Bertz CT molecular complexity index is 503. The number of hydrogen-bond donors (Lipinski definition) is 0. The molecule has 2 aromatic carbocycles. The average Bonchev–Trinajstić information content (AvgIpc) is 2.15. The smallest absolute Gasteiger partial charge is 0.166 e. The van der Waals surface area contributed by atoms with E-state index < -0.39 is 11.7 Å². The van der Waals surface area contributed by atoms with Gasteiger partial charge in [-0.15, -0.1) is 0 Å². The van der Waals surface area contributed by atoms with Gasteiger partial charge >= 0.3 is 6.18 Å². The van der Waals surface area contributed by atoms with Gasteiger partial charge in [-0.3, -0.25) is 0 Å². The Morgan fingerprint density at radius 3 is 2.40 bits per heavy atom. The van der Waals surface area contributed by atoms with Gasteiger partial charge in [0.25, 0.3) is 0 Å². The molecule has 0 aliphatic carbocycles. The van der Waals surface area contributed by atoms with Crippen molar-refractivity contribution in [2.45, 2.75) is 6.18 Å². The Balaban J connectivity index is 2.80. The molecule has 0 aliphatic rings. The number of halogens is 4. The maximum atomic E-state index is 12.6. The standard InChI is InChI=1S/C11H6ClF3/c12-8-5-4-7-2-1-3-10(9(7)6-8)11(13,14)15/h1-6H. The van der Waals surface area contributed by atoms with Crippen LogP contribution < -0.4 is 0 Å². The molecule has 0 N–H and O–H groups in total. The van der Waals surface area contributed by atoms with Gasteiger partial charge in [-0.2, -0.15) is 13.2 Å². The summed E-state index contributed by atoms with van der Waals surface area (Å²) in [5, 5.41) is 0.978. The Hall–Kier alpha value is -1.22. The van der Waals surface area contributed by atoms with Gasteiger partial charge in [-0.1, -0.05) is 29.8 Å². The quantitative estimate of drug-likeness (QED) is 0.625. The highest BCUT2D eigenvalue weighted by Gasteiger charge is 2.32. The molecule has 0 radical (unpaired) electrons. The molecule has 0 aromatic heterocycles. The molecule has 0 unspecified atom stereocenters. The number of benzene rings is 2. The van der Waals surface area contributed by atoms with Crippen LogP contribution in [0.5, 0.6) is 0 Å². The Labute approximate surface area is 89.3 Å². The van der Waals surface area contributed by atoms with Crippen LogP contribution in [0, 0.1) is 0 Å². The third kappa shape index (κ3) is 1.92. The molecule has 0 fully saturated rings. The lowest BCUT2D eigenvalue weighted by molar-refractivity contribution is -0.136. The number of fused-ring (bicyclic) bond motifs is 1. The third-order valence-corrected chi connectivity index (χ3v) is 2.38. The summed E-state index contributed by atoms with van der Waals surface area (Å²) in [5.41, 5.74) is -0.650. The average molecular weight is 231 g/mol. The van der Waals surface area contributed by atoms with Gasteiger partial charge in [-0.25, -0.2) is 0 Å². The van der Waals surface area contributed by atoms with E-state index in [2.05, 4.69) is 0 Å². The van der Waals surface area contributed by atoms with E-state index in [4.69, 9.17) is 11.6 Å². The fourth-order valence-corrected chi connectivity index (χ4v) is 1.66. The molecule has 15 heavy (non-hydrogen) atoms. The summed E-state index contributed by atoms with van der Waals surface area (Å²) in [4.78, 5) is 0. The zero-order valence-electron chi connectivity index (χ0n) is 7.48. The zero-order valence-corrected chi connectivity index (χ0v) is 8.23. The lowest BCUT2D eigenvalue weighted by Crippen LogP contribution is -2.05. The summed E-state index contributed by atoms with van der Waals surface area (Å²) in [6.07, 6.45) is -4.34. The van der Waals surface area contributed by atoms with Crippen LogP contribution in [0.4, 0.5) is 13.2 Å². The minimum absolute atomic E-state index is 0.137. The summed E-state index contributed by atoms with van der Waals surface area (Å²) in [6, 6.07) is 8.55. The minimum Gasteiger partial charge on any atom is -0.166 e. The summed E-state index contributed by atoms with van der Waals surface area (Å²) >= 11 is 5.67. The second-order valence-corrected chi connectivity index (χ2v) is 3.61. The van der Waals surface area contributed by atoms with Crippen molar-refractivity contribution in [2.75, 3.05) is 0 Å². The first-order valence-corrected chi connectivity index (χ1v) is 4.62. The summed E-state index contributed by atoms with van der Waals surface area (Å²) in [5.74, 6) is 0. The predicted molar refractivity (Wildman–Crippen MR) is 54.0 cm³/mol. The van der Waals surface area contributed by atoms with Gasteiger partial charge in [0.2, 0.25) is 0 Å². The molecule has 0 saturated carbocycles. The highest BCUT2D eigenvalue weighted by Crippen LogP contribution is 2.35. The van der Waals surface area contributed by atoms with E-state index in [1.165, 1.54) is 12.1 Å².